The molecule has 0 aliphatic rings. The number of ether oxygens (including phenoxy) is 1. The Kier molecular flexibility index (Phi) is 3.03. The van der Waals surface area contributed by atoms with E-state index in [1.54, 1.807) is 25.3 Å². The summed E-state index contributed by atoms with van der Waals surface area (Å²) in [5.74, 6) is 0.657. The Morgan fingerprint density at radius 3 is 2.57 bits per heavy atom. The highest BCUT2D eigenvalue weighted by molar-refractivity contribution is 6.31. The van der Waals surface area contributed by atoms with Crippen molar-refractivity contribution in [2.24, 2.45) is 0 Å². The van der Waals surface area contributed by atoms with Crippen molar-refractivity contribution >= 4 is 11.6 Å². The third kappa shape index (κ3) is 1.83. The molecule has 3 heteroatoms. The summed E-state index contributed by atoms with van der Waals surface area (Å²) >= 11 is 6.04. The van der Waals surface area contributed by atoms with Gasteiger partial charge in [-0.1, -0.05) is 17.7 Å². The van der Waals surface area contributed by atoms with Gasteiger partial charge in [0.25, 0.3) is 0 Å². The van der Waals surface area contributed by atoms with E-state index in [0.717, 1.165) is 5.56 Å². The number of benzene rings is 1. The third-order valence-electron chi connectivity index (χ3n) is 2.10. The van der Waals surface area contributed by atoms with E-state index < -0.39 is 5.41 Å². The summed E-state index contributed by atoms with van der Waals surface area (Å²) in [5, 5.41) is 9.59. The zero-order valence-electron chi connectivity index (χ0n) is 8.47. The van der Waals surface area contributed by atoms with Crippen LogP contribution in [0.15, 0.2) is 18.2 Å². The average Bonchev–Trinajstić information content (AvgIpc) is 2.17. The molecule has 0 N–H and O–H groups in total. The van der Waals surface area contributed by atoms with E-state index in [9.17, 15) is 0 Å². The molecule has 0 radical (unpaired) electrons. The van der Waals surface area contributed by atoms with Gasteiger partial charge >= 0.3 is 0 Å². The fourth-order valence-corrected chi connectivity index (χ4v) is 1.74. The Hall–Kier alpha value is -1.20. The predicted octanol–water partition coefficient (Wildman–Crippen LogP) is 3.15. The number of nitrogens with zero attached hydrogens (tertiary/aromatic N) is 1. The molecule has 1 aromatic carbocycles. The molecule has 1 rings (SSSR count). The first-order chi connectivity index (χ1) is 6.53. The molecule has 0 atom stereocenters. The highest BCUT2D eigenvalue weighted by atomic mass is 35.5. The van der Waals surface area contributed by atoms with Crippen LogP contribution in [0.4, 0.5) is 0 Å². The normalized spacial score (nSPS) is 10.8. The summed E-state index contributed by atoms with van der Waals surface area (Å²) in [4.78, 5) is 0. The summed E-state index contributed by atoms with van der Waals surface area (Å²) < 4.78 is 5.18. The smallest absolute Gasteiger partial charge is 0.125 e. The Labute approximate surface area is 89.1 Å². The molecule has 0 aromatic heterocycles. The SMILES string of the molecule is COc1cccc(Cl)c1C(C)(C)C#N. The van der Waals surface area contributed by atoms with E-state index in [2.05, 4.69) is 6.07 Å². The van der Waals surface area contributed by atoms with Crippen molar-refractivity contribution in [1.29, 1.82) is 5.26 Å². The molecule has 2 nitrogen and oxygen atoms in total. The maximum atomic E-state index is 9.03. The topological polar surface area (TPSA) is 33.0 Å². The van der Waals surface area contributed by atoms with Gasteiger partial charge in [0.15, 0.2) is 0 Å². The van der Waals surface area contributed by atoms with Crippen molar-refractivity contribution in [2.75, 3.05) is 7.11 Å². The monoisotopic (exact) mass is 209 g/mol. The lowest BCUT2D eigenvalue weighted by atomic mass is 9.85. The molecule has 0 saturated heterocycles. The molecule has 14 heavy (non-hydrogen) atoms. The first kappa shape index (κ1) is 10.9. The molecule has 0 amide bonds. The zero-order valence-corrected chi connectivity index (χ0v) is 9.22. The minimum atomic E-state index is -0.635. The van der Waals surface area contributed by atoms with Crippen LogP contribution in [-0.4, -0.2) is 7.11 Å². The van der Waals surface area contributed by atoms with Crippen molar-refractivity contribution in [1.82, 2.24) is 0 Å². The van der Waals surface area contributed by atoms with Gasteiger partial charge in [-0.05, 0) is 26.0 Å². The largest absolute Gasteiger partial charge is 0.496 e. The van der Waals surface area contributed by atoms with Gasteiger partial charge in [-0.25, -0.2) is 0 Å². The van der Waals surface area contributed by atoms with Gasteiger partial charge in [0.05, 0.1) is 18.6 Å². The van der Waals surface area contributed by atoms with Crippen LogP contribution in [0, 0.1) is 11.3 Å². The number of rotatable bonds is 2. The van der Waals surface area contributed by atoms with Crippen molar-refractivity contribution in [3.8, 4) is 11.8 Å². The minimum absolute atomic E-state index is 0.566. The van der Waals surface area contributed by atoms with Gasteiger partial charge in [0.1, 0.15) is 5.75 Å². The molecule has 0 saturated carbocycles. The summed E-state index contributed by atoms with van der Waals surface area (Å²) in [6.07, 6.45) is 0. The summed E-state index contributed by atoms with van der Waals surface area (Å²) in [5.41, 5.74) is 0.107. The molecule has 0 aliphatic heterocycles. The van der Waals surface area contributed by atoms with Gasteiger partial charge in [-0.15, -0.1) is 0 Å². The van der Waals surface area contributed by atoms with Crippen molar-refractivity contribution in [2.45, 2.75) is 19.3 Å². The number of methoxy groups -OCH3 is 1. The molecule has 74 valence electrons. The van der Waals surface area contributed by atoms with Crippen molar-refractivity contribution in [3.05, 3.63) is 28.8 Å². The first-order valence-electron chi connectivity index (χ1n) is 4.27. The van der Waals surface area contributed by atoms with Crippen LogP contribution in [0.25, 0.3) is 0 Å². The number of hydrogen-bond donors (Lipinski definition) is 0. The van der Waals surface area contributed by atoms with Gasteiger partial charge in [0, 0.05) is 10.6 Å². The number of nitriles is 1. The van der Waals surface area contributed by atoms with E-state index in [1.807, 2.05) is 13.8 Å². The van der Waals surface area contributed by atoms with Gasteiger partial charge < -0.3 is 4.74 Å². The molecule has 0 fully saturated rings. The molecular formula is C11H12ClNO. The second-order valence-electron chi connectivity index (χ2n) is 3.55. The second kappa shape index (κ2) is 3.89. The van der Waals surface area contributed by atoms with Crippen LogP contribution in [-0.2, 0) is 5.41 Å². The standard InChI is InChI=1S/C11H12ClNO/c1-11(2,7-13)10-8(12)5-4-6-9(10)14-3/h4-6H,1-3H3. The fraction of sp³-hybridized carbons (Fsp3) is 0.364. The predicted molar refractivity (Wildman–Crippen MR) is 56.6 cm³/mol. The Balaban J connectivity index is 3.40. The van der Waals surface area contributed by atoms with E-state index >= 15 is 0 Å². The van der Waals surface area contributed by atoms with Crippen LogP contribution in [0.2, 0.25) is 5.02 Å². The molecule has 0 aliphatic carbocycles. The molecule has 0 bridgehead atoms. The highest BCUT2D eigenvalue weighted by Gasteiger charge is 2.26. The third-order valence-corrected chi connectivity index (χ3v) is 2.41. The summed E-state index contributed by atoms with van der Waals surface area (Å²) in [6, 6.07) is 7.58. The molecule has 0 spiro atoms. The molecule has 0 unspecified atom stereocenters. The summed E-state index contributed by atoms with van der Waals surface area (Å²) in [6.45, 7) is 3.63. The Morgan fingerprint density at radius 1 is 1.43 bits per heavy atom. The molecule has 0 heterocycles. The van der Waals surface area contributed by atoms with Crippen LogP contribution < -0.4 is 4.74 Å². The van der Waals surface area contributed by atoms with Crippen LogP contribution in [0.3, 0.4) is 0 Å². The van der Waals surface area contributed by atoms with Crippen LogP contribution in [0.1, 0.15) is 19.4 Å². The Bertz CT molecular complexity index is 379. The quantitative estimate of drug-likeness (QED) is 0.750. The van der Waals surface area contributed by atoms with E-state index in [4.69, 9.17) is 21.6 Å². The maximum Gasteiger partial charge on any atom is 0.125 e. The molecule has 1 aromatic rings. The second-order valence-corrected chi connectivity index (χ2v) is 3.96. The minimum Gasteiger partial charge on any atom is -0.496 e. The first-order valence-corrected chi connectivity index (χ1v) is 4.65. The van der Waals surface area contributed by atoms with Crippen molar-refractivity contribution < 1.29 is 4.74 Å². The van der Waals surface area contributed by atoms with Crippen molar-refractivity contribution in [3.63, 3.8) is 0 Å². The van der Waals surface area contributed by atoms with Gasteiger partial charge in [0.2, 0.25) is 0 Å². The van der Waals surface area contributed by atoms with E-state index in [0.29, 0.717) is 10.8 Å². The summed E-state index contributed by atoms with van der Waals surface area (Å²) in [7, 11) is 1.57. The molecular weight excluding hydrogens is 198 g/mol. The average molecular weight is 210 g/mol. The Morgan fingerprint density at radius 2 is 2.07 bits per heavy atom. The van der Waals surface area contributed by atoms with Crippen LogP contribution in [0.5, 0.6) is 5.75 Å². The lowest BCUT2D eigenvalue weighted by Gasteiger charge is -2.20. The van der Waals surface area contributed by atoms with Gasteiger partial charge in [-0.2, -0.15) is 5.26 Å². The van der Waals surface area contributed by atoms with Gasteiger partial charge in [-0.3, -0.25) is 0 Å². The fourth-order valence-electron chi connectivity index (χ4n) is 1.34. The number of hydrogen-bond acceptors (Lipinski definition) is 2. The van der Waals surface area contributed by atoms with E-state index in [-0.39, 0.29) is 0 Å². The zero-order chi connectivity index (χ0) is 10.8. The highest BCUT2D eigenvalue weighted by Crippen LogP contribution is 2.36. The van der Waals surface area contributed by atoms with Crippen LogP contribution >= 0.6 is 11.6 Å². The maximum absolute atomic E-state index is 9.03. The lowest BCUT2D eigenvalue weighted by molar-refractivity contribution is 0.403. The van der Waals surface area contributed by atoms with E-state index in [1.165, 1.54) is 0 Å². The number of halogens is 1. The lowest BCUT2D eigenvalue weighted by Crippen LogP contribution is -2.15.